The average molecular weight is 682 g/mol. The molecule has 48 heavy (non-hydrogen) atoms. The third-order valence-corrected chi connectivity index (χ3v) is 10.1. The molecular formula is C36H47N3O8S. The van der Waals surface area contributed by atoms with Crippen molar-refractivity contribution in [2.45, 2.75) is 69.7 Å². The van der Waals surface area contributed by atoms with Crippen LogP contribution in [0, 0.1) is 5.92 Å². The first-order valence-electron chi connectivity index (χ1n) is 16.5. The molecule has 0 bridgehead atoms. The third kappa shape index (κ3) is 8.98. The van der Waals surface area contributed by atoms with Crippen LogP contribution in [-0.4, -0.2) is 87.6 Å². The van der Waals surface area contributed by atoms with Crippen molar-refractivity contribution in [2.24, 2.45) is 5.92 Å². The van der Waals surface area contributed by atoms with E-state index < -0.39 is 16.1 Å². The van der Waals surface area contributed by atoms with Crippen molar-refractivity contribution in [3.05, 3.63) is 77.9 Å². The molecular weight excluding hydrogens is 634 g/mol. The summed E-state index contributed by atoms with van der Waals surface area (Å²) in [6.45, 7) is 7.94. The molecule has 2 heterocycles. The van der Waals surface area contributed by atoms with Crippen molar-refractivity contribution in [2.75, 3.05) is 44.9 Å². The zero-order valence-electron chi connectivity index (χ0n) is 28.1. The predicted octanol–water partition coefficient (Wildman–Crippen LogP) is 5.14. The molecule has 1 amide bonds. The number of sulfonamides is 1. The highest BCUT2D eigenvalue weighted by molar-refractivity contribution is 7.92. The summed E-state index contributed by atoms with van der Waals surface area (Å²) in [6.07, 6.45) is 2.08. The van der Waals surface area contributed by atoms with E-state index in [4.69, 9.17) is 18.9 Å². The minimum Gasteiger partial charge on any atom is -0.490 e. The van der Waals surface area contributed by atoms with Crippen LogP contribution in [0.2, 0.25) is 0 Å². The van der Waals surface area contributed by atoms with E-state index in [0.717, 1.165) is 36.3 Å². The van der Waals surface area contributed by atoms with Crippen molar-refractivity contribution < 1.29 is 37.3 Å². The fourth-order valence-corrected chi connectivity index (χ4v) is 7.06. The van der Waals surface area contributed by atoms with Gasteiger partial charge in [-0.1, -0.05) is 31.2 Å². The molecule has 0 aliphatic carbocycles. The molecule has 0 saturated heterocycles. The zero-order valence-corrected chi connectivity index (χ0v) is 28.9. The van der Waals surface area contributed by atoms with Gasteiger partial charge in [-0.25, -0.2) is 8.42 Å². The van der Waals surface area contributed by atoms with Crippen LogP contribution < -0.4 is 18.9 Å². The first-order valence-corrected chi connectivity index (χ1v) is 18.0. The maximum atomic E-state index is 14.4. The Hall–Kier alpha value is -3.84. The van der Waals surface area contributed by atoms with E-state index >= 15 is 0 Å². The Bertz CT molecular complexity index is 1640. The second-order valence-electron chi connectivity index (χ2n) is 12.8. The number of carbonyl (C=O) groups is 1. The molecule has 3 aromatic carbocycles. The molecule has 5 rings (SSSR count). The van der Waals surface area contributed by atoms with Gasteiger partial charge < -0.3 is 29.0 Å². The number of nitrogens with one attached hydrogen (secondary N) is 1. The molecule has 2 N–H and O–H groups in total. The largest absolute Gasteiger partial charge is 0.490 e. The quantitative estimate of drug-likeness (QED) is 0.316. The fraction of sp³-hybridized carbons (Fsp3) is 0.472. The standard InChI is InChI=1S/C36H47N3O8S/c1-25-20-39(26(2)23-40)36(41)31-19-29(37-48(42,43)30-11-6-5-7-12-30)14-16-32(31)47-27(3)10-8-9-17-44-35(25)22-38(4)21-28-13-15-33-34(18-28)46-24-45-33/h5-7,11-16,18-19,25-27,35,37,40H,8-10,17,20-24H2,1-4H3/t25-,26+,27-,35+/m0/s1. The van der Waals surface area contributed by atoms with Crippen molar-refractivity contribution in [3.8, 4) is 17.2 Å². The predicted molar refractivity (Wildman–Crippen MR) is 183 cm³/mol. The van der Waals surface area contributed by atoms with Gasteiger partial charge in [-0.3, -0.25) is 14.4 Å². The van der Waals surface area contributed by atoms with Gasteiger partial charge in [-0.2, -0.15) is 0 Å². The van der Waals surface area contributed by atoms with Crippen molar-refractivity contribution in [1.29, 1.82) is 0 Å². The molecule has 0 aromatic heterocycles. The molecule has 0 unspecified atom stereocenters. The molecule has 3 aromatic rings. The second-order valence-corrected chi connectivity index (χ2v) is 14.5. The molecule has 260 valence electrons. The topological polar surface area (TPSA) is 127 Å². The maximum absolute atomic E-state index is 14.4. The number of carbonyl (C=O) groups excluding carboxylic acids is 1. The lowest BCUT2D eigenvalue weighted by Crippen LogP contribution is -2.47. The molecule has 12 heteroatoms. The van der Waals surface area contributed by atoms with Crippen LogP contribution in [0.5, 0.6) is 17.2 Å². The van der Waals surface area contributed by atoms with Crippen LogP contribution >= 0.6 is 0 Å². The first kappa shape index (κ1) is 35.5. The molecule has 0 saturated carbocycles. The highest BCUT2D eigenvalue weighted by Gasteiger charge is 2.31. The summed E-state index contributed by atoms with van der Waals surface area (Å²) < 4.78 is 52.7. The number of likely N-dealkylation sites (N-methyl/N-ethyl adjacent to an activating group) is 1. The summed E-state index contributed by atoms with van der Waals surface area (Å²) in [4.78, 5) is 18.3. The van der Waals surface area contributed by atoms with E-state index in [-0.39, 0.29) is 53.6 Å². The number of hydrogen-bond donors (Lipinski definition) is 2. The smallest absolute Gasteiger partial charge is 0.261 e. The van der Waals surface area contributed by atoms with Crippen LogP contribution in [0.25, 0.3) is 0 Å². The normalized spacial score (nSPS) is 21.2. The van der Waals surface area contributed by atoms with Gasteiger partial charge >= 0.3 is 0 Å². The van der Waals surface area contributed by atoms with Crippen LogP contribution in [0.15, 0.2) is 71.6 Å². The van der Waals surface area contributed by atoms with E-state index in [1.807, 2.05) is 32.2 Å². The SMILES string of the molecule is C[C@H](CO)N1C[C@H](C)[C@@H](CN(C)Cc2ccc3c(c2)OCO3)OCCCC[C@H](C)Oc2ccc(NS(=O)(=O)c3ccccc3)cc2C1=O. The van der Waals surface area contributed by atoms with Gasteiger partial charge in [0.25, 0.3) is 15.9 Å². The number of nitrogens with zero attached hydrogens (tertiary/aromatic N) is 2. The maximum Gasteiger partial charge on any atom is 0.261 e. The van der Waals surface area contributed by atoms with Gasteiger partial charge in [0.2, 0.25) is 6.79 Å². The molecule has 0 radical (unpaired) electrons. The van der Waals surface area contributed by atoms with Crippen molar-refractivity contribution >= 4 is 21.6 Å². The average Bonchev–Trinajstić information content (AvgIpc) is 3.54. The van der Waals surface area contributed by atoms with E-state index in [2.05, 4.69) is 16.5 Å². The Morgan fingerprint density at radius 2 is 1.75 bits per heavy atom. The van der Waals surface area contributed by atoms with Crippen molar-refractivity contribution in [1.82, 2.24) is 9.80 Å². The summed E-state index contributed by atoms with van der Waals surface area (Å²) in [6, 6.07) is 18.3. The molecule has 11 nitrogen and oxygen atoms in total. The van der Waals surface area contributed by atoms with Crippen LogP contribution in [0.1, 0.15) is 56.0 Å². The Balaban J connectivity index is 1.40. The van der Waals surface area contributed by atoms with Gasteiger partial charge in [-0.05, 0) is 88.2 Å². The van der Waals surface area contributed by atoms with Crippen LogP contribution in [-0.2, 0) is 21.3 Å². The minimum absolute atomic E-state index is 0.104. The van der Waals surface area contributed by atoms with E-state index in [1.165, 1.54) is 18.2 Å². The van der Waals surface area contributed by atoms with Gasteiger partial charge in [0.05, 0.1) is 35.3 Å². The highest BCUT2D eigenvalue weighted by Crippen LogP contribution is 2.33. The number of ether oxygens (including phenoxy) is 4. The Morgan fingerprint density at radius 1 is 1.00 bits per heavy atom. The van der Waals surface area contributed by atoms with Crippen LogP contribution in [0.3, 0.4) is 0 Å². The Kier molecular flexibility index (Phi) is 11.9. The lowest BCUT2D eigenvalue weighted by atomic mass is 10.0. The van der Waals surface area contributed by atoms with Crippen molar-refractivity contribution in [3.63, 3.8) is 0 Å². The summed E-state index contributed by atoms with van der Waals surface area (Å²) in [5.74, 6) is 1.38. The molecule has 4 atom stereocenters. The van der Waals surface area contributed by atoms with E-state index in [1.54, 1.807) is 42.2 Å². The van der Waals surface area contributed by atoms with E-state index in [9.17, 15) is 18.3 Å². The summed E-state index contributed by atoms with van der Waals surface area (Å²) in [5.41, 5.74) is 1.54. The minimum atomic E-state index is -3.90. The number of aliphatic hydroxyl groups is 1. The fourth-order valence-electron chi connectivity index (χ4n) is 5.99. The Morgan fingerprint density at radius 3 is 2.52 bits per heavy atom. The second kappa shape index (κ2) is 16.0. The van der Waals surface area contributed by atoms with Gasteiger partial charge in [0, 0.05) is 37.8 Å². The van der Waals surface area contributed by atoms with Gasteiger partial charge in [-0.15, -0.1) is 0 Å². The van der Waals surface area contributed by atoms with Crippen LogP contribution in [0.4, 0.5) is 5.69 Å². The lowest BCUT2D eigenvalue weighted by Gasteiger charge is -2.36. The number of hydrogen-bond acceptors (Lipinski definition) is 9. The number of amides is 1. The number of anilines is 1. The molecule has 2 aliphatic rings. The highest BCUT2D eigenvalue weighted by atomic mass is 32.2. The third-order valence-electron chi connectivity index (χ3n) is 8.74. The summed E-state index contributed by atoms with van der Waals surface area (Å²) in [5, 5.41) is 10.3. The number of fused-ring (bicyclic) bond motifs is 2. The summed E-state index contributed by atoms with van der Waals surface area (Å²) in [7, 11) is -1.85. The Labute approximate surface area is 283 Å². The molecule has 0 spiro atoms. The lowest BCUT2D eigenvalue weighted by molar-refractivity contribution is -0.0177. The summed E-state index contributed by atoms with van der Waals surface area (Å²) >= 11 is 0. The monoisotopic (exact) mass is 681 g/mol. The first-order chi connectivity index (χ1) is 23.0. The molecule has 0 fully saturated rings. The molecule has 2 aliphatic heterocycles. The van der Waals surface area contributed by atoms with E-state index in [0.29, 0.717) is 32.0 Å². The zero-order chi connectivity index (χ0) is 34.3. The number of aliphatic hydroxyl groups excluding tert-OH is 1. The number of rotatable bonds is 9. The van der Waals surface area contributed by atoms with Gasteiger partial charge in [0.15, 0.2) is 11.5 Å². The number of benzene rings is 3. The van der Waals surface area contributed by atoms with Gasteiger partial charge in [0.1, 0.15) is 5.75 Å².